The van der Waals surface area contributed by atoms with Crippen molar-refractivity contribution in [1.82, 2.24) is 25.5 Å². The summed E-state index contributed by atoms with van der Waals surface area (Å²) in [7, 11) is 0. The Kier molecular flexibility index (Phi) is 6.88. The van der Waals surface area contributed by atoms with E-state index in [1.807, 2.05) is 17.3 Å². The number of aromatic amines is 1. The van der Waals surface area contributed by atoms with Crippen LogP contribution in [0.1, 0.15) is 55.0 Å². The molecule has 0 saturated carbocycles. The van der Waals surface area contributed by atoms with Gasteiger partial charge in [-0.25, -0.2) is 4.98 Å². The maximum Gasteiger partial charge on any atom is 0.257 e. The zero-order valence-electron chi connectivity index (χ0n) is 21.8. The number of aliphatic hydroxyl groups is 1. The highest BCUT2D eigenvalue weighted by molar-refractivity contribution is 6.11. The van der Waals surface area contributed by atoms with Crippen molar-refractivity contribution in [2.24, 2.45) is 0 Å². The lowest BCUT2D eigenvalue weighted by atomic mass is 9.87. The highest BCUT2D eigenvalue weighted by Gasteiger charge is 2.29. The molecule has 4 heterocycles. The summed E-state index contributed by atoms with van der Waals surface area (Å²) >= 11 is 0. The SMILES string of the molecule is Cc1c[nH]c2ncc(-c3cc4c(c([C@@H]5CCCN5)c3)CN(C(=O)/C(C=N)=C/NCC(C)(C)O)CC4)cc12. The van der Waals surface area contributed by atoms with Gasteiger partial charge in [0.05, 0.1) is 11.2 Å². The van der Waals surface area contributed by atoms with Gasteiger partial charge in [0.25, 0.3) is 5.91 Å². The molecular weight excluding hydrogens is 464 g/mol. The molecule has 0 aliphatic carbocycles. The lowest BCUT2D eigenvalue weighted by Gasteiger charge is -2.32. The van der Waals surface area contributed by atoms with Gasteiger partial charge in [-0.05, 0) is 86.5 Å². The number of H-pyrrole nitrogens is 1. The van der Waals surface area contributed by atoms with Crippen LogP contribution in [0.2, 0.25) is 0 Å². The van der Waals surface area contributed by atoms with Gasteiger partial charge in [-0.3, -0.25) is 4.79 Å². The lowest BCUT2D eigenvalue weighted by Crippen LogP contribution is -2.39. The molecule has 1 aromatic carbocycles. The molecule has 5 N–H and O–H groups in total. The molecule has 2 aliphatic heterocycles. The van der Waals surface area contributed by atoms with Gasteiger partial charge in [-0.15, -0.1) is 0 Å². The molecule has 1 saturated heterocycles. The molecular formula is C29H36N6O2. The second kappa shape index (κ2) is 10.1. The predicted molar refractivity (Wildman–Crippen MR) is 147 cm³/mol. The van der Waals surface area contributed by atoms with E-state index in [1.165, 1.54) is 28.5 Å². The molecule has 0 spiro atoms. The molecule has 0 bridgehead atoms. The standard InChI is InChI=1S/C29H36N6O2/c1-18-13-33-27-23(18)11-21(15-34-27)20-9-19-6-8-35(16-25(19)24(10-20)26-5-4-7-32-26)28(36)22(12-30)14-31-17-29(2,3)37/h9-15,26,30-32,37H,4-8,16-17H2,1-3H3,(H,33,34)/b22-14+,30-12?/t26-/m0/s1. The van der Waals surface area contributed by atoms with Crippen molar-refractivity contribution in [2.75, 3.05) is 19.6 Å². The van der Waals surface area contributed by atoms with E-state index in [0.717, 1.165) is 54.2 Å². The normalized spacial score (nSPS) is 18.2. The summed E-state index contributed by atoms with van der Waals surface area (Å²) in [5.74, 6) is -0.170. The number of rotatable bonds is 7. The van der Waals surface area contributed by atoms with Crippen molar-refractivity contribution in [3.8, 4) is 11.1 Å². The summed E-state index contributed by atoms with van der Waals surface area (Å²) in [5.41, 5.74) is 7.47. The van der Waals surface area contributed by atoms with Crippen molar-refractivity contribution in [2.45, 2.75) is 58.2 Å². The van der Waals surface area contributed by atoms with Crippen molar-refractivity contribution >= 4 is 23.2 Å². The monoisotopic (exact) mass is 500 g/mol. The predicted octanol–water partition coefficient (Wildman–Crippen LogP) is 3.74. The molecule has 5 rings (SSSR count). The van der Waals surface area contributed by atoms with Crippen LogP contribution in [-0.2, 0) is 17.8 Å². The van der Waals surface area contributed by atoms with E-state index in [9.17, 15) is 9.90 Å². The first-order valence-electron chi connectivity index (χ1n) is 13.0. The minimum absolute atomic E-state index is 0.170. The molecule has 1 amide bonds. The highest BCUT2D eigenvalue weighted by Crippen LogP contribution is 2.36. The summed E-state index contributed by atoms with van der Waals surface area (Å²) in [6, 6.07) is 7.01. The molecule has 0 radical (unpaired) electrons. The van der Waals surface area contributed by atoms with Crippen molar-refractivity contribution in [3.05, 3.63) is 64.6 Å². The Balaban J connectivity index is 1.46. The van der Waals surface area contributed by atoms with Gasteiger partial charge in [0, 0.05) is 61.4 Å². The molecule has 8 nitrogen and oxygen atoms in total. The van der Waals surface area contributed by atoms with E-state index >= 15 is 0 Å². The van der Waals surface area contributed by atoms with Crippen molar-refractivity contribution in [1.29, 1.82) is 5.41 Å². The maximum absolute atomic E-state index is 13.3. The third kappa shape index (κ3) is 5.31. The highest BCUT2D eigenvalue weighted by atomic mass is 16.3. The first-order chi connectivity index (χ1) is 17.7. The van der Waals surface area contributed by atoms with Gasteiger partial charge in [-0.2, -0.15) is 0 Å². The first kappa shape index (κ1) is 25.2. The largest absolute Gasteiger partial charge is 0.389 e. The van der Waals surface area contributed by atoms with Gasteiger partial charge in [0.1, 0.15) is 5.65 Å². The average Bonchev–Trinajstić information content (AvgIpc) is 3.55. The number of carbonyl (C=O) groups is 1. The second-order valence-electron chi connectivity index (χ2n) is 10.9. The third-order valence-electron chi connectivity index (χ3n) is 7.37. The molecule has 194 valence electrons. The number of aryl methyl sites for hydroxylation is 1. The van der Waals surface area contributed by atoms with E-state index in [2.05, 4.69) is 45.7 Å². The summed E-state index contributed by atoms with van der Waals surface area (Å²) in [4.78, 5) is 23.0. The van der Waals surface area contributed by atoms with E-state index in [4.69, 9.17) is 5.41 Å². The lowest BCUT2D eigenvalue weighted by molar-refractivity contribution is -0.127. The number of aromatic nitrogens is 2. The summed E-state index contributed by atoms with van der Waals surface area (Å²) in [6.07, 6.45) is 9.52. The molecule has 0 unspecified atom stereocenters. The van der Waals surface area contributed by atoms with E-state index in [-0.39, 0.29) is 17.5 Å². The topological polar surface area (TPSA) is 117 Å². The Morgan fingerprint density at radius 3 is 2.89 bits per heavy atom. The minimum Gasteiger partial charge on any atom is -0.389 e. The van der Waals surface area contributed by atoms with Gasteiger partial charge < -0.3 is 31.0 Å². The van der Waals surface area contributed by atoms with E-state index in [0.29, 0.717) is 19.6 Å². The Morgan fingerprint density at radius 2 is 2.16 bits per heavy atom. The second-order valence-corrected chi connectivity index (χ2v) is 10.9. The van der Waals surface area contributed by atoms with Crippen LogP contribution in [0.4, 0.5) is 0 Å². The zero-order valence-corrected chi connectivity index (χ0v) is 21.8. The van der Waals surface area contributed by atoms with Crippen LogP contribution in [0.15, 0.2) is 42.4 Å². The van der Waals surface area contributed by atoms with Gasteiger partial charge in [-0.1, -0.05) is 6.07 Å². The number of fused-ring (bicyclic) bond motifs is 2. The molecule has 3 aromatic rings. The van der Waals surface area contributed by atoms with Crippen LogP contribution in [0, 0.1) is 12.3 Å². The Labute approximate surface area is 217 Å². The Hall–Kier alpha value is -3.49. The Morgan fingerprint density at radius 1 is 1.32 bits per heavy atom. The molecule has 2 aliphatic rings. The number of pyridine rings is 1. The maximum atomic E-state index is 13.3. The summed E-state index contributed by atoms with van der Waals surface area (Å²) < 4.78 is 0. The number of amides is 1. The van der Waals surface area contributed by atoms with Crippen LogP contribution < -0.4 is 10.6 Å². The number of hydrogen-bond acceptors (Lipinski definition) is 6. The third-order valence-corrected chi connectivity index (χ3v) is 7.37. The van der Waals surface area contributed by atoms with Gasteiger partial charge >= 0.3 is 0 Å². The molecule has 2 aromatic heterocycles. The number of benzene rings is 1. The van der Waals surface area contributed by atoms with Crippen LogP contribution in [-0.4, -0.2) is 57.3 Å². The minimum atomic E-state index is -0.905. The van der Waals surface area contributed by atoms with Gasteiger partial charge in [0.15, 0.2) is 0 Å². The fraction of sp³-hybridized carbons (Fsp3) is 0.414. The Bertz CT molecular complexity index is 1360. The fourth-order valence-corrected chi connectivity index (χ4v) is 5.35. The molecule has 8 heteroatoms. The number of nitrogens with one attached hydrogen (secondary N) is 4. The zero-order chi connectivity index (χ0) is 26.2. The van der Waals surface area contributed by atoms with Crippen LogP contribution in [0.5, 0.6) is 0 Å². The van der Waals surface area contributed by atoms with E-state index < -0.39 is 5.60 Å². The quantitative estimate of drug-likeness (QED) is 0.250. The van der Waals surface area contributed by atoms with Crippen LogP contribution >= 0.6 is 0 Å². The van der Waals surface area contributed by atoms with E-state index in [1.54, 1.807) is 13.8 Å². The van der Waals surface area contributed by atoms with Crippen LogP contribution in [0.3, 0.4) is 0 Å². The number of carbonyl (C=O) groups excluding carboxylic acids is 1. The van der Waals surface area contributed by atoms with Crippen molar-refractivity contribution in [3.63, 3.8) is 0 Å². The molecule has 1 atom stereocenters. The summed E-state index contributed by atoms with van der Waals surface area (Å²) in [6.45, 7) is 7.89. The first-order valence-corrected chi connectivity index (χ1v) is 13.0. The summed E-state index contributed by atoms with van der Waals surface area (Å²) in [5, 5.41) is 25.5. The average molecular weight is 501 g/mol. The van der Waals surface area contributed by atoms with Crippen LogP contribution in [0.25, 0.3) is 22.2 Å². The van der Waals surface area contributed by atoms with Crippen molar-refractivity contribution < 1.29 is 9.90 Å². The number of nitrogens with zero attached hydrogens (tertiary/aromatic N) is 2. The fourth-order valence-electron chi connectivity index (χ4n) is 5.35. The molecule has 37 heavy (non-hydrogen) atoms. The molecule has 1 fully saturated rings. The smallest absolute Gasteiger partial charge is 0.257 e. The number of hydrogen-bond donors (Lipinski definition) is 5. The van der Waals surface area contributed by atoms with Gasteiger partial charge in [0.2, 0.25) is 0 Å².